The summed E-state index contributed by atoms with van der Waals surface area (Å²) in [7, 11) is 1.73. The summed E-state index contributed by atoms with van der Waals surface area (Å²) >= 11 is 13.4. The lowest BCUT2D eigenvalue weighted by Gasteiger charge is -2.10. The highest BCUT2D eigenvalue weighted by Crippen LogP contribution is 2.35. The minimum Gasteiger partial charge on any atom is -0.488 e. The van der Waals surface area contributed by atoms with E-state index in [4.69, 9.17) is 27.9 Å². The number of ether oxygens (including phenoxy) is 1. The lowest BCUT2D eigenvalue weighted by molar-refractivity contribution is -0.121. The van der Waals surface area contributed by atoms with Gasteiger partial charge >= 0.3 is 0 Å². The number of rotatable bonds is 5. The highest BCUT2D eigenvalue weighted by atomic mass is 35.5. The number of carbonyl (C=O) groups is 1. The standard InChI is InChI=1S/C25H20Cl2N2O2S/c1-16-7-10-19(11-8-16)28-25-29(2)24(30)23(32-25)14-18-5-3-4-6-22(18)31-15-17-9-12-20(26)21(27)13-17/h3-14H,15H2,1-2H3/b23-14+,28-25?. The van der Waals surface area contributed by atoms with Crippen LogP contribution in [-0.2, 0) is 11.4 Å². The Hall–Kier alpha value is -2.73. The van der Waals surface area contributed by atoms with E-state index in [9.17, 15) is 4.79 Å². The summed E-state index contributed by atoms with van der Waals surface area (Å²) in [6.45, 7) is 2.36. The molecule has 1 fully saturated rings. The Balaban J connectivity index is 1.55. The Bertz CT molecular complexity index is 1220. The third-order valence-electron chi connectivity index (χ3n) is 4.85. The van der Waals surface area contributed by atoms with Crippen LogP contribution in [0.5, 0.6) is 5.75 Å². The molecular weight excluding hydrogens is 463 g/mol. The molecule has 0 radical (unpaired) electrons. The van der Waals surface area contributed by atoms with Crippen LogP contribution in [0.25, 0.3) is 6.08 Å². The number of halogens is 2. The quantitative estimate of drug-likeness (QED) is 0.363. The third kappa shape index (κ3) is 5.18. The Labute approximate surface area is 201 Å². The van der Waals surface area contributed by atoms with Gasteiger partial charge in [0.15, 0.2) is 5.17 Å². The first-order valence-electron chi connectivity index (χ1n) is 9.89. The molecule has 1 heterocycles. The van der Waals surface area contributed by atoms with Gasteiger partial charge < -0.3 is 4.74 Å². The van der Waals surface area contributed by atoms with Crippen molar-refractivity contribution < 1.29 is 9.53 Å². The number of nitrogens with zero attached hydrogens (tertiary/aromatic N) is 2. The molecule has 1 amide bonds. The minimum absolute atomic E-state index is 0.0971. The predicted molar refractivity (Wildman–Crippen MR) is 134 cm³/mol. The summed E-state index contributed by atoms with van der Waals surface area (Å²) in [5, 5.41) is 1.63. The van der Waals surface area contributed by atoms with E-state index in [1.165, 1.54) is 11.8 Å². The normalized spacial score (nSPS) is 16.2. The molecule has 0 unspecified atom stereocenters. The Morgan fingerprint density at radius 2 is 1.78 bits per heavy atom. The van der Waals surface area contributed by atoms with Crippen LogP contribution in [0.2, 0.25) is 10.0 Å². The second-order valence-electron chi connectivity index (χ2n) is 7.28. The minimum atomic E-state index is -0.0971. The number of amidine groups is 1. The fourth-order valence-electron chi connectivity index (χ4n) is 3.04. The van der Waals surface area contributed by atoms with Crippen LogP contribution < -0.4 is 4.74 Å². The van der Waals surface area contributed by atoms with Crippen molar-refractivity contribution in [3.05, 3.63) is 98.4 Å². The van der Waals surface area contributed by atoms with Crippen molar-refractivity contribution in [1.29, 1.82) is 0 Å². The molecule has 0 saturated carbocycles. The molecule has 32 heavy (non-hydrogen) atoms. The third-order valence-corrected chi connectivity index (χ3v) is 6.65. The maximum atomic E-state index is 12.8. The summed E-state index contributed by atoms with van der Waals surface area (Å²) in [5.74, 6) is 0.575. The van der Waals surface area contributed by atoms with Gasteiger partial charge in [0.25, 0.3) is 5.91 Å². The molecule has 1 saturated heterocycles. The molecule has 0 atom stereocenters. The lowest BCUT2D eigenvalue weighted by atomic mass is 10.1. The average Bonchev–Trinajstić information content (AvgIpc) is 3.05. The van der Waals surface area contributed by atoms with Gasteiger partial charge in [-0.05, 0) is 60.7 Å². The van der Waals surface area contributed by atoms with E-state index in [1.807, 2.05) is 67.6 Å². The van der Waals surface area contributed by atoms with E-state index in [-0.39, 0.29) is 5.91 Å². The molecular formula is C25H20Cl2N2O2S. The summed E-state index contributed by atoms with van der Waals surface area (Å²) in [4.78, 5) is 19.6. The van der Waals surface area contributed by atoms with Gasteiger partial charge in [0.2, 0.25) is 0 Å². The van der Waals surface area contributed by atoms with Gasteiger partial charge in [-0.1, -0.05) is 65.2 Å². The molecule has 0 aliphatic carbocycles. The Morgan fingerprint density at radius 1 is 1.03 bits per heavy atom. The maximum absolute atomic E-state index is 12.8. The number of likely N-dealkylation sites (N-methyl/N-ethyl adjacent to an activating group) is 1. The Kier molecular flexibility index (Phi) is 6.89. The molecule has 0 bridgehead atoms. The van der Waals surface area contributed by atoms with E-state index in [2.05, 4.69) is 4.99 Å². The molecule has 7 heteroatoms. The predicted octanol–water partition coefficient (Wildman–Crippen LogP) is 7.11. The number of aliphatic imine (C=N–C) groups is 1. The van der Waals surface area contributed by atoms with E-state index in [0.29, 0.717) is 32.5 Å². The molecule has 0 aromatic heterocycles. The topological polar surface area (TPSA) is 41.9 Å². The number of para-hydroxylation sites is 1. The molecule has 162 valence electrons. The molecule has 0 spiro atoms. The van der Waals surface area contributed by atoms with Crippen molar-refractivity contribution in [2.75, 3.05) is 7.05 Å². The van der Waals surface area contributed by atoms with Crippen LogP contribution in [0.3, 0.4) is 0 Å². The molecule has 3 aromatic rings. The maximum Gasteiger partial charge on any atom is 0.266 e. The first-order chi connectivity index (χ1) is 15.4. The first-order valence-corrected chi connectivity index (χ1v) is 11.5. The Morgan fingerprint density at radius 3 is 2.53 bits per heavy atom. The van der Waals surface area contributed by atoms with Crippen molar-refractivity contribution in [2.24, 2.45) is 4.99 Å². The van der Waals surface area contributed by atoms with Crippen LogP contribution in [0.4, 0.5) is 5.69 Å². The number of amides is 1. The smallest absolute Gasteiger partial charge is 0.266 e. The number of benzene rings is 3. The van der Waals surface area contributed by atoms with Crippen LogP contribution in [0.15, 0.2) is 76.6 Å². The monoisotopic (exact) mass is 482 g/mol. The summed E-state index contributed by atoms with van der Waals surface area (Å²) in [6.07, 6.45) is 1.84. The molecule has 1 aliphatic heterocycles. The molecule has 0 N–H and O–H groups in total. The van der Waals surface area contributed by atoms with Crippen LogP contribution >= 0.6 is 35.0 Å². The largest absolute Gasteiger partial charge is 0.488 e. The number of carbonyl (C=O) groups excluding carboxylic acids is 1. The van der Waals surface area contributed by atoms with Crippen LogP contribution in [0, 0.1) is 6.92 Å². The van der Waals surface area contributed by atoms with E-state index in [0.717, 1.165) is 22.4 Å². The molecule has 4 nitrogen and oxygen atoms in total. The highest BCUT2D eigenvalue weighted by molar-refractivity contribution is 8.18. The zero-order valence-corrected chi connectivity index (χ0v) is 19.8. The number of hydrogen-bond donors (Lipinski definition) is 0. The first kappa shape index (κ1) is 22.5. The van der Waals surface area contributed by atoms with Crippen molar-refractivity contribution in [1.82, 2.24) is 4.90 Å². The van der Waals surface area contributed by atoms with Crippen molar-refractivity contribution >= 4 is 57.8 Å². The second-order valence-corrected chi connectivity index (χ2v) is 9.10. The van der Waals surface area contributed by atoms with Gasteiger partial charge in [-0.3, -0.25) is 9.69 Å². The number of thioether (sulfide) groups is 1. The summed E-state index contributed by atoms with van der Waals surface area (Å²) in [6, 6.07) is 20.9. The lowest BCUT2D eigenvalue weighted by Crippen LogP contribution is -2.23. The van der Waals surface area contributed by atoms with Gasteiger partial charge in [0, 0.05) is 12.6 Å². The van der Waals surface area contributed by atoms with E-state index in [1.54, 1.807) is 24.1 Å². The zero-order valence-electron chi connectivity index (χ0n) is 17.5. The van der Waals surface area contributed by atoms with Gasteiger partial charge in [0.1, 0.15) is 12.4 Å². The highest BCUT2D eigenvalue weighted by Gasteiger charge is 2.30. The van der Waals surface area contributed by atoms with Gasteiger partial charge in [-0.25, -0.2) is 4.99 Å². The zero-order chi connectivity index (χ0) is 22.7. The molecule has 3 aromatic carbocycles. The van der Waals surface area contributed by atoms with Gasteiger partial charge in [-0.2, -0.15) is 0 Å². The van der Waals surface area contributed by atoms with Crippen molar-refractivity contribution in [3.63, 3.8) is 0 Å². The van der Waals surface area contributed by atoms with Gasteiger partial charge in [-0.15, -0.1) is 0 Å². The van der Waals surface area contributed by atoms with E-state index < -0.39 is 0 Å². The van der Waals surface area contributed by atoms with Crippen LogP contribution in [-0.4, -0.2) is 23.0 Å². The summed E-state index contributed by atoms with van der Waals surface area (Å²) in [5.41, 5.74) is 3.69. The summed E-state index contributed by atoms with van der Waals surface area (Å²) < 4.78 is 6.01. The van der Waals surface area contributed by atoms with Crippen LogP contribution in [0.1, 0.15) is 16.7 Å². The second kappa shape index (κ2) is 9.82. The fourth-order valence-corrected chi connectivity index (χ4v) is 4.34. The van der Waals surface area contributed by atoms with Crippen molar-refractivity contribution in [3.8, 4) is 5.75 Å². The van der Waals surface area contributed by atoms with Gasteiger partial charge in [0.05, 0.1) is 20.6 Å². The molecule has 1 aliphatic rings. The molecule has 4 rings (SSSR count). The SMILES string of the molecule is Cc1ccc(N=C2S/C(=C/c3ccccc3OCc3ccc(Cl)c(Cl)c3)C(=O)N2C)cc1. The number of hydrogen-bond acceptors (Lipinski definition) is 4. The average molecular weight is 483 g/mol. The fraction of sp³-hybridized carbons (Fsp3) is 0.120. The number of aryl methyl sites for hydroxylation is 1. The van der Waals surface area contributed by atoms with Crippen molar-refractivity contribution in [2.45, 2.75) is 13.5 Å². The van der Waals surface area contributed by atoms with E-state index >= 15 is 0 Å².